The van der Waals surface area contributed by atoms with Crippen LogP contribution in [0.3, 0.4) is 0 Å². The summed E-state index contributed by atoms with van der Waals surface area (Å²) in [6.07, 6.45) is -1.11. The maximum atomic E-state index is 13.4. The highest BCUT2D eigenvalue weighted by atomic mass is 19.4. The van der Waals surface area contributed by atoms with Gasteiger partial charge >= 0.3 is 6.18 Å². The van der Waals surface area contributed by atoms with Gasteiger partial charge in [0.2, 0.25) is 5.91 Å². The summed E-state index contributed by atoms with van der Waals surface area (Å²) in [5.41, 5.74) is 2.06. The van der Waals surface area contributed by atoms with Crippen LogP contribution in [0.15, 0.2) is 48.8 Å². The smallest absolute Gasteiger partial charge is 0.372 e. The van der Waals surface area contributed by atoms with Crippen LogP contribution in [0.5, 0.6) is 0 Å². The van der Waals surface area contributed by atoms with E-state index in [1.54, 1.807) is 17.2 Å². The number of imidazole rings is 1. The van der Waals surface area contributed by atoms with E-state index in [1.807, 2.05) is 43.5 Å². The number of carbonyl (C=O) groups excluding carboxylic acids is 1. The number of benzene rings is 1. The van der Waals surface area contributed by atoms with Gasteiger partial charge in [-0.2, -0.15) is 13.2 Å². The lowest BCUT2D eigenvalue weighted by Crippen LogP contribution is -2.48. The molecule has 8 heteroatoms. The van der Waals surface area contributed by atoms with Gasteiger partial charge in [0.05, 0.1) is 23.5 Å². The molecule has 1 amide bonds. The van der Waals surface area contributed by atoms with Gasteiger partial charge in [-0.05, 0) is 44.0 Å². The van der Waals surface area contributed by atoms with Crippen LogP contribution >= 0.6 is 0 Å². The molecule has 32 heavy (non-hydrogen) atoms. The van der Waals surface area contributed by atoms with Crippen LogP contribution in [0.25, 0.3) is 5.65 Å². The zero-order valence-corrected chi connectivity index (χ0v) is 18.3. The van der Waals surface area contributed by atoms with E-state index in [0.29, 0.717) is 24.3 Å². The number of fused-ring (bicyclic) bond motifs is 1. The Hall–Kier alpha value is -2.87. The van der Waals surface area contributed by atoms with E-state index in [4.69, 9.17) is 4.74 Å². The predicted molar refractivity (Wildman–Crippen MR) is 114 cm³/mol. The third kappa shape index (κ3) is 4.50. The van der Waals surface area contributed by atoms with E-state index >= 15 is 0 Å². The highest BCUT2D eigenvalue weighted by Crippen LogP contribution is 2.35. The van der Waals surface area contributed by atoms with Crippen molar-refractivity contribution in [2.75, 3.05) is 13.1 Å². The van der Waals surface area contributed by atoms with Crippen molar-refractivity contribution in [1.29, 1.82) is 0 Å². The summed E-state index contributed by atoms with van der Waals surface area (Å²) >= 11 is 0. The lowest BCUT2D eigenvalue weighted by atomic mass is 9.90. The molecule has 3 aromatic rings. The Morgan fingerprint density at radius 3 is 2.59 bits per heavy atom. The zero-order chi connectivity index (χ0) is 23.0. The van der Waals surface area contributed by atoms with Gasteiger partial charge in [0.25, 0.3) is 0 Å². The Bertz CT molecular complexity index is 1120. The highest BCUT2D eigenvalue weighted by molar-refractivity contribution is 5.78. The first-order valence-electron chi connectivity index (χ1n) is 10.7. The molecule has 0 saturated carbocycles. The lowest BCUT2D eigenvalue weighted by Gasteiger charge is -2.36. The molecule has 2 aromatic heterocycles. The van der Waals surface area contributed by atoms with E-state index in [-0.39, 0.29) is 24.5 Å². The number of aromatic nitrogens is 2. The van der Waals surface area contributed by atoms with E-state index in [1.165, 1.54) is 6.07 Å². The minimum absolute atomic E-state index is 0.0441. The van der Waals surface area contributed by atoms with E-state index in [0.717, 1.165) is 23.3 Å². The number of pyridine rings is 1. The molecule has 0 N–H and O–H groups in total. The van der Waals surface area contributed by atoms with Gasteiger partial charge in [0, 0.05) is 37.8 Å². The van der Waals surface area contributed by atoms with Crippen molar-refractivity contribution < 1.29 is 22.7 Å². The van der Waals surface area contributed by atoms with Crippen LogP contribution in [0.4, 0.5) is 13.2 Å². The molecule has 1 saturated heterocycles. The van der Waals surface area contributed by atoms with Crippen LogP contribution < -0.4 is 0 Å². The van der Waals surface area contributed by atoms with E-state index in [2.05, 4.69) is 4.98 Å². The molecular weight excluding hydrogens is 419 g/mol. The monoisotopic (exact) mass is 445 g/mol. The first kappa shape index (κ1) is 22.3. The molecule has 5 nitrogen and oxygen atoms in total. The second kappa shape index (κ2) is 8.58. The third-order valence-corrected chi connectivity index (χ3v) is 5.88. The molecule has 0 radical (unpaired) electrons. The van der Waals surface area contributed by atoms with Gasteiger partial charge in [-0.3, -0.25) is 4.79 Å². The Morgan fingerprint density at radius 1 is 1.19 bits per heavy atom. The topological polar surface area (TPSA) is 46.8 Å². The van der Waals surface area contributed by atoms with E-state index < -0.39 is 17.7 Å². The minimum Gasteiger partial charge on any atom is -0.372 e. The van der Waals surface area contributed by atoms with Crippen LogP contribution in [0, 0.1) is 6.92 Å². The first-order valence-corrected chi connectivity index (χ1v) is 10.7. The van der Waals surface area contributed by atoms with Crippen molar-refractivity contribution in [3.05, 3.63) is 71.2 Å². The van der Waals surface area contributed by atoms with Crippen LogP contribution in [0.1, 0.15) is 48.6 Å². The van der Waals surface area contributed by atoms with Gasteiger partial charge in [-0.15, -0.1) is 0 Å². The number of amides is 1. The minimum atomic E-state index is -4.46. The molecule has 0 spiro atoms. The average molecular weight is 445 g/mol. The maximum absolute atomic E-state index is 13.4. The van der Waals surface area contributed by atoms with Crippen molar-refractivity contribution in [2.45, 2.75) is 51.5 Å². The molecule has 0 aliphatic carbocycles. The van der Waals surface area contributed by atoms with Crippen LogP contribution in [-0.4, -0.2) is 45.5 Å². The quantitative estimate of drug-likeness (QED) is 0.579. The molecule has 3 atom stereocenters. The standard InChI is InChI=1S/C24H26F3N3O2/c1-15-6-5-9-30-21(12-28-23(15)30)20(18-7-4-8-19(10-18)24(25,26)27)11-22(31)29-13-16(2)32-17(3)14-29/h4-10,12,16-17,20H,11,13-14H2,1-3H3. The number of rotatable bonds is 4. The predicted octanol–water partition coefficient (Wildman–Crippen LogP) is 4.82. The van der Waals surface area contributed by atoms with Gasteiger partial charge in [-0.1, -0.05) is 24.3 Å². The second-order valence-corrected chi connectivity index (χ2v) is 8.50. The number of carbonyl (C=O) groups is 1. The number of ether oxygens (including phenoxy) is 1. The molecule has 1 aromatic carbocycles. The molecule has 0 bridgehead atoms. The van der Waals surface area contributed by atoms with Crippen molar-refractivity contribution in [2.24, 2.45) is 0 Å². The zero-order valence-electron chi connectivity index (χ0n) is 18.3. The Kier molecular flexibility index (Phi) is 5.99. The lowest BCUT2D eigenvalue weighted by molar-refractivity contribution is -0.143. The molecule has 3 heterocycles. The summed E-state index contributed by atoms with van der Waals surface area (Å²) < 4.78 is 47.8. The normalized spacial score (nSPS) is 20.5. The fraction of sp³-hybridized carbons (Fsp3) is 0.417. The van der Waals surface area contributed by atoms with Gasteiger partial charge in [0.1, 0.15) is 5.65 Å². The van der Waals surface area contributed by atoms with E-state index in [9.17, 15) is 18.0 Å². The number of hydrogen-bond donors (Lipinski definition) is 0. The number of hydrogen-bond acceptors (Lipinski definition) is 3. The first-order chi connectivity index (χ1) is 15.1. The van der Waals surface area contributed by atoms with Crippen molar-refractivity contribution >= 4 is 11.6 Å². The van der Waals surface area contributed by atoms with Crippen molar-refractivity contribution in [3.8, 4) is 0 Å². The maximum Gasteiger partial charge on any atom is 0.416 e. The van der Waals surface area contributed by atoms with Gasteiger partial charge in [-0.25, -0.2) is 4.98 Å². The van der Waals surface area contributed by atoms with Gasteiger partial charge < -0.3 is 14.0 Å². The summed E-state index contributed by atoms with van der Waals surface area (Å²) in [6.45, 7) is 6.67. The molecule has 1 aliphatic rings. The summed E-state index contributed by atoms with van der Waals surface area (Å²) in [7, 11) is 0. The number of alkyl halides is 3. The number of morpholine rings is 1. The summed E-state index contributed by atoms with van der Waals surface area (Å²) in [4.78, 5) is 19.5. The summed E-state index contributed by atoms with van der Waals surface area (Å²) in [6, 6.07) is 9.01. The fourth-order valence-corrected chi connectivity index (χ4v) is 4.44. The molecule has 4 rings (SSSR count). The fourth-order valence-electron chi connectivity index (χ4n) is 4.44. The summed E-state index contributed by atoms with van der Waals surface area (Å²) in [5, 5.41) is 0. The van der Waals surface area contributed by atoms with Crippen molar-refractivity contribution in [3.63, 3.8) is 0 Å². The molecule has 3 unspecified atom stereocenters. The Balaban J connectivity index is 1.75. The molecule has 170 valence electrons. The second-order valence-electron chi connectivity index (χ2n) is 8.50. The number of halogens is 3. The number of nitrogens with zero attached hydrogens (tertiary/aromatic N) is 3. The van der Waals surface area contributed by atoms with Crippen LogP contribution in [-0.2, 0) is 15.7 Å². The van der Waals surface area contributed by atoms with Crippen molar-refractivity contribution in [1.82, 2.24) is 14.3 Å². The average Bonchev–Trinajstić information content (AvgIpc) is 3.16. The highest BCUT2D eigenvalue weighted by Gasteiger charge is 2.33. The number of aryl methyl sites for hydroxylation is 1. The molecule has 1 fully saturated rings. The van der Waals surface area contributed by atoms with Crippen LogP contribution in [0.2, 0.25) is 0 Å². The Morgan fingerprint density at radius 2 is 1.91 bits per heavy atom. The largest absolute Gasteiger partial charge is 0.416 e. The Labute approximate surface area is 184 Å². The summed E-state index contributed by atoms with van der Waals surface area (Å²) in [5.74, 6) is -0.688. The third-order valence-electron chi connectivity index (χ3n) is 5.88. The molecular formula is C24H26F3N3O2. The SMILES string of the molecule is Cc1cccn2c(C(CC(=O)N3CC(C)OC(C)C3)c3cccc(C(F)(F)F)c3)cnc12. The van der Waals surface area contributed by atoms with Gasteiger partial charge in [0.15, 0.2) is 0 Å². The molecule has 1 aliphatic heterocycles.